The Hall–Kier alpha value is -1.84. The summed E-state index contributed by atoms with van der Waals surface area (Å²) in [6.45, 7) is 1.15. The van der Waals surface area contributed by atoms with Gasteiger partial charge in [0.1, 0.15) is 18.2 Å². The summed E-state index contributed by atoms with van der Waals surface area (Å²) in [5.41, 5.74) is -0.910. The summed E-state index contributed by atoms with van der Waals surface area (Å²) >= 11 is 0. The fourth-order valence-corrected chi connectivity index (χ4v) is 3.18. The van der Waals surface area contributed by atoms with E-state index in [1.165, 1.54) is 13.8 Å². The van der Waals surface area contributed by atoms with Crippen molar-refractivity contribution in [3.05, 3.63) is 0 Å². The first-order valence-electron chi connectivity index (χ1n) is 8.16. The highest BCUT2D eigenvalue weighted by atomic mass is 19.4. The number of hydrogen-bond donors (Lipinski definition) is 2. The number of amides is 4. The monoisotopic (exact) mass is 365 g/mol. The number of halogens is 3. The molecule has 7 nitrogen and oxygen atoms in total. The van der Waals surface area contributed by atoms with Crippen molar-refractivity contribution in [1.29, 1.82) is 0 Å². The predicted octanol–water partition coefficient (Wildman–Crippen LogP) is 1.32. The first-order chi connectivity index (χ1) is 11.6. The molecule has 1 saturated carbocycles. The standard InChI is InChI=1S/C15H22F3N3O4/c1-9(7-25-8-15(16,17)18)19-11(22)10(2)21-12(23)14(20-13(21)24)5-3-4-6-14/h9-10H,3-8H2,1-2H3,(H,19,22)(H,20,24). The molecule has 1 heterocycles. The van der Waals surface area contributed by atoms with Gasteiger partial charge in [0, 0.05) is 6.04 Å². The Kier molecular flexibility index (Phi) is 5.60. The van der Waals surface area contributed by atoms with Crippen molar-refractivity contribution >= 4 is 17.8 Å². The topological polar surface area (TPSA) is 87.7 Å². The van der Waals surface area contributed by atoms with Gasteiger partial charge in [-0.25, -0.2) is 9.69 Å². The molecule has 0 aromatic carbocycles. The van der Waals surface area contributed by atoms with Crippen molar-refractivity contribution in [1.82, 2.24) is 15.5 Å². The second-order valence-corrected chi connectivity index (χ2v) is 6.61. The Bertz CT molecular complexity index is 547. The summed E-state index contributed by atoms with van der Waals surface area (Å²) in [6.07, 6.45) is -1.69. The molecule has 0 bridgehead atoms. The summed E-state index contributed by atoms with van der Waals surface area (Å²) in [7, 11) is 0. The molecule has 1 spiro atoms. The number of imide groups is 1. The van der Waals surface area contributed by atoms with E-state index in [0.29, 0.717) is 12.8 Å². The van der Waals surface area contributed by atoms with Crippen molar-refractivity contribution in [3.63, 3.8) is 0 Å². The molecule has 4 amide bonds. The maximum Gasteiger partial charge on any atom is 0.411 e. The van der Waals surface area contributed by atoms with Gasteiger partial charge in [-0.15, -0.1) is 0 Å². The molecular formula is C15H22F3N3O4. The lowest BCUT2D eigenvalue weighted by atomic mass is 9.97. The second kappa shape index (κ2) is 7.19. The zero-order valence-corrected chi connectivity index (χ0v) is 14.1. The fourth-order valence-electron chi connectivity index (χ4n) is 3.18. The number of nitrogens with zero attached hydrogens (tertiary/aromatic N) is 1. The van der Waals surface area contributed by atoms with Crippen LogP contribution < -0.4 is 10.6 Å². The van der Waals surface area contributed by atoms with E-state index < -0.39 is 48.3 Å². The molecule has 2 atom stereocenters. The van der Waals surface area contributed by atoms with Crippen LogP contribution >= 0.6 is 0 Å². The largest absolute Gasteiger partial charge is 0.411 e. The number of alkyl halides is 3. The highest BCUT2D eigenvalue weighted by Crippen LogP contribution is 2.35. The van der Waals surface area contributed by atoms with Crippen molar-refractivity contribution in [3.8, 4) is 0 Å². The van der Waals surface area contributed by atoms with Gasteiger partial charge in [0.25, 0.3) is 5.91 Å². The van der Waals surface area contributed by atoms with Gasteiger partial charge in [-0.1, -0.05) is 12.8 Å². The Morgan fingerprint density at radius 3 is 2.48 bits per heavy atom. The second-order valence-electron chi connectivity index (χ2n) is 6.61. The van der Waals surface area contributed by atoms with E-state index in [2.05, 4.69) is 15.4 Å². The number of rotatable bonds is 6. The van der Waals surface area contributed by atoms with Gasteiger partial charge in [-0.2, -0.15) is 13.2 Å². The average Bonchev–Trinajstić information content (AvgIpc) is 3.03. The minimum Gasteiger partial charge on any atom is -0.370 e. The SMILES string of the molecule is CC(COCC(F)(F)F)NC(=O)C(C)N1C(=O)NC2(CCCC2)C1=O. The van der Waals surface area contributed by atoms with Gasteiger partial charge >= 0.3 is 12.2 Å². The minimum atomic E-state index is -4.44. The number of hydrogen-bond acceptors (Lipinski definition) is 4. The summed E-state index contributed by atoms with van der Waals surface area (Å²) in [6, 6.07) is -2.37. The minimum absolute atomic E-state index is 0.331. The van der Waals surface area contributed by atoms with Crippen LogP contribution in [0.1, 0.15) is 39.5 Å². The van der Waals surface area contributed by atoms with Gasteiger partial charge in [-0.3, -0.25) is 9.59 Å². The lowest BCUT2D eigenvalue weighted by Crippen LogP contribution is -2.52. The van der Waals surface area contributed by atoms with E-state index in [0.717, 1.165) is 17.7 Å². The molecule has 142 valence electrons. The van der Waals surface area contributed by atoms with E-state index in [4.69, 9.17) is 0 Å². The Labute approximate surface area is 143 Å². The third kappa shape index (κ3) is 4.42. The molecule has 1 aliphatic heterocycles. The van der Waals surface area contributed by atoms with E-state index in [-0.39, 0.29) is 6.61 Å². The molecule has 2 rings (SSSR count). The quantitative estimate of drug-likeness (QED) is 0.695. The number of urea groups is 1. The summed E-state index contributed by atoms with van der Waals surface area (Å²) < 4.78 is 40.6. The summed E-state index contributed by atoms with van der Waals surface area (Å²) in [5.74, 6) is -1.04. The smallest absolute Gasteiger partial charge is 0.370 e. The van der Waals surface area contributed by atoms with E-state index in [1.54, 1.807) is 0 Å². The number of nitrogens with one attached hydrogen (secondary N) is 2. The van der Waals surface area contributed by atoms with E-state index >= 15 is 0 Å². The number of carbonyl (C=O) groups excluding carboxylic acids is 3. The first kappa shape index (κ1) is 19.5. The van der Waals surface area contributed by atoms with Crippen LogP contribution in [0.3, 0.4) is 0 Å². The molecule has 25 heavy (non-hydrogen) atoms. The Morgan fingerprint density at radius 2 is 1.92 bits per heavy atom. The summed E-state index contributed by atoms with van der Waals surface area (Å²) in [5, 5.41) is 5.13. The van der Waals surface area contributed by atoms with Gasteiger partial charge in [-0.05, 0) is 26.7 Å². The molecule has 1 saturated heterocycles. The molecule has 1 aliphatic carbocycles. The molecule has 0 aromatic heterocycles. The maximum atomic E-state index is 12.6. The molecular weight excluding hydrogens is 343 g/mol. The maximum absolute atomic E-state index is 12.6. The Balaban J connectivity index is 1.89. The van der Waals surface area contributed by atoms with Gasteiger partial charge in [0.05, 0.1) is 6.61 Å². The van der Waals surface area contributed by atoms with Crippen LogP contribution in [-0.2, 0) is 14.3 Å². The molecule has 2 aliphatic rings. The molecule has 2 fully saturated rings. The van der Waals surface area contributed by atoms with Crippen LogP contribution in [0.25, 0.3) is 0 Å². The third-order valence-corrected chi connectivity index (χ3v) is 4.44. The molecule has 10 heteroatoms. The van der Waals surface area contributed by atoms with Crippen LogP contribution in [0.5, 0.6) is 0 Å². The number of carbonyl (C=O) groups is 3. The van der Waals surface area contributed by atoms with Crippen LogP contribution in [0.15, 0.2) is 0 Å². The highest BCUT2D eigenvalue weighted by molar-refractivity contribution is 6.09. The molecule has 2 unspecified atom stereocenters. The molecule has 0 radical (unpaired) electrons. The van der Waals surface area contributed by atoms with E-state index in [1.807, 2.05) is 0 Å². The lowest BCUT2D eigenvalue weighted by Gasteiger charge is -2.25. The Morgan fingerprint density at radius 1 is 1.32 bits per heavy atom. The van der Waals surface area contributed by atoms with Crippen LogP contribution in [0, 0.1) is 0 Å². The highest BCUT2D eigenvalue weighted by Gasteiger charge is 2.54. The third-order valence-electron chi connectivity index (χ3n) is 4.44. The van der Waals surface area contributed by atoms with Crippen molar-refractivity contribution in [2.24, 2.45) is 0 Å². The normalized spacial score (nSPS) is 22.2. The van der Waals surface area contributed by atoms with Gasteiger partial charge < -0.3 is 15.4 Å². The molecule has 2 N–H and O–H groups in total. The summed E-state index contributed by atoms with van der Waals surface area (Å²) in [4.78, 5) is 37.8. The van der Waals surface area contributed by atoms with Gasteiger partial charge in [0.2, 0.25) is 5.91 Å². The van der Waals surface area contributed by atoms with Crippen molar-refractivity contribution in [2.75, 3.05) is 13.2 Å². The zero-order valence-electron chi connectivity index (χ0n) is 14.1. The molecule has 0 aromatic rings. The van der Waals surface area contributed by atoms with Crippen LogP contribution in [0.4, 0.5) is 18.0 Å². The van der Waals surface area contributed by atoms with Crippen molar-refractivity contribution in [2.45, 2.75) is 63.3 Å². The number of ether oxygens (including phenoxy) is 1. The van der Waals surface area contributed by atoms with Crippen molar-refractivity contribution < 1.29 is 32.3 Å². The first-order valence-corrected chi connectivity index (χ1v) is 8.16. The fraction of sp³-hybridized carbons (Fsp3) is 0.800. The lowest BCUT2D eigenvalue weighted by molar-refractivity contribution is -0.175. The zero-order chi connectivity index (χ0) is 18.8. The average molecular weight is 365 g/mol. The van der Waals surface area contributed by atoms with Gasteiger partial charge in [0.15, 0.2) is 0 Å². The predicted molar refractivity (Wildman–Crippen MR) is 80.5 cm³/mol. The van der Waals surface area contributed by atoms with Crippen LogP contribution in [0.2, 0.25) is 0 Å². The van der Waals surface area contributed by atoms with Crippen LogP contribution in [-0.4, -0.2) is 59.8 Å². The van der Waals surface area contributed by atoms with E-state index in [9.17, 15) is 27.6 Å².